The molecular weight excluding hydrogens is 1300 g/mol. The lowest BCUT2D eigenvalue weighted by Gasteiger charge is -2.25. The molecule has 0 aliphatic rings. The average Bonchev–Trinajstić information content (AvgIpc) is 0.794. The standard InChI is InChI=1S/3C24H38NSi.C22H34NSi/c1-17(2)13-19-16-25(7)22(15-23(19)26(8,9)10)21-12-11-20(14-18(21)3)24(4,5)6;1-17(2)12-20-10-11-22(19(5)14-20)23-15-24(26(7,8)9)21(13-18(3)4)16-25(23)6;1-10-19(11-2)22-16-25(6)23(15-24(22)26(7,8)9)21-14-20(17(3)4)13-12-18(21)5;1-9-18(10-2)20-15-23(5)21(14-22(20)24(6,7)8)19-13-16(3)11-12-17(19)4/h11-12,14-17H,13H2,1-10H3;10-11,14-18H,12-13H2,1-9H3;12-17,19H,10-11H2,1-9H3;11-15,18H,9-10H2,1-8H3/q4*+1. The maximum atomic E-state index is 2.52. The van der Waals surface area contributed by atoms with Crippen molar-refractivity contribution in [1.82, 2.24) is 0 Å². The van der Waals surface area contributed by atoms with Crippen molar-refractivity contribution in [3.63, 3.8) is 0 Å². The Morgan fingerprint density at radius 3 is 1.03 bits per heavy atom. The summed E-state index contributed by atoms with van der Waals surface area (Å²) in [4.78, 5) is 0. The predicted octanol–water partition coefficient (Wildman–Crippen LogP) is 22.3. The second-order valence-electron chi connectivity index (χ2n) is 37.5. The van der Waals surface area contributed by atoms with Crippen molar-refractivity contribution in [2.75, 3.05) is 0 Å². The molecule has 0 spiro atoms. The molecule has 8 aromatic rings. The van der Waals surface area contributed by atoms with Gasteiger partial charge in [-0.2, -0.15) is 0 Å². The molecular formula is C94H148N4Si4+4. The number of hydrogen-bond donors (Lipinski definition) is 0. The minimum Gasteiger partial charge on any atom is -0.201 e. The van der Waals surface area contributed by atoms with Crippen molar-refractivity contribution in [3.8, 4) is 45.0 Å². The molecule has 0 aliphatic carbocycles. The first kappa shape index (κ1) is 87.0. The van der Waals surface area contributed by atoms with Gasteiger partial charge in [-0.05, 0) is 204 Å². The molecule has 0 unspecified atom stereocenters. The zero-order chi connectivity index (χ0) is 77.2. The summed E-state index contributed by atoms with van der Waals surface area (Å²) in [5, 5.41) is 6.49. The van der Waals surface area contributed by atoms with Crippen LogP contribution < -0.4 is 39.0 Å². The number of aryl methyl sites for hydroxylation is 9. The molecule has 0 bridgehead atoms. The quantitative estimate of drug-likeness (QED) is 0.0503. The van der Waals surface area contributed by atoms with Crippen LogP contribution in [0.25, 0.3) is 45.0 Å². The fourth-order valence-electron chi connectivity index (χ4n) is 15.1. The van der Waals surface area contributed by atoms with Crippen LogP contribution in [0.1, 0.15) is 214 Å². The Morgan fingerprint density at radius 1 is 0.343 bits per heavy atom. The van der Waals surface area contributed by atoms with Gasteiger partial charge in [-0.3, -0.25) is 0 Å². The number of rotatable bonds is 21. The van der Waals surface area contributed by atoms with E-state index in [2.05, 4.69) is 385 Å². The lowest BCUT2D eigenvalue weighted by Crippen LogP contribution is -2.45. The van der Waals surface area contributed by atoms with Gasteiger partial charge in [0, 0.05) is 68.8 Å². The minimum absolute atomic E-state index is 0.191. The van der Waals surface area contributed by atoms with Crippen LogP contribution in [0.3, 0.4) is 0 Å². The van der Waals surface area contributed by atoms with Crippen LogP contribution in [0.2, 0.25) is 78.6 Å². The largest absolute Gasteiger partial charge is 0.212 e. The molecule has 102 heavy (non-hydrogen) atoms. The van der Waals surface area contributed by atoms with Gasteiger partial charge >= 0.3 is 0 Å². The summed E-state index contributed by atoms with van der Waals surface area (Å²) in [7, 11) is 3.20. The van der Waals surface area contributed by atoms with Gasteiger partial charge in [0.2, 0.25) is 22.8 Å². The Bertz CT molecular complexity index is 4100. The lowest BCUT2D eigenvalue weighted by molar-refractivity contribution is -0.660. The van der Waals surface area contributed by atoms with Crippen molar-refractivity contribution >= 4 is 53.0 Å². The SMILES string of the molecule is CCC(CC)c1c[n+](C)c(-c2cc(C(C)C)ccc2C)cc1[Si](C)(C)C.CCC(CC)c1c[n+](C)c(-c2cc(C)ccc2C)cc1[Si](C)(C)C.Cc1cc(C(C)(C)C)ccc1-c1cc([Si](C)(C)C)c(CC(C)C)c[n+]1C.Cc1cc(CC(C)C)ccc1-c1cc([Si](C)(C)C)c(CC(C)C)c[n+]1C. The Kier molecular flexibility index (Phi) is 30.8. The molecule has 0 radical (unpaired) electrons. The number of aromatic nitrogens is 4. The monoisotopic (exact) mass is 1450 g/mol. The molecule has 0 amide bonds. The molecule has 4 heterocycles. The zero-order valence-corrected chi connectivity index (χ0v) is 76.2. The van der Waals surface area contributed by atoms with E-state index in [4.69, 9.17) is 0 Å². The van der Waals surface area contributed by atoms with Gasteiger partial charge in [0.25, 0.3) is 0 Å². The minimum atomic E-state index is -1.43. The molecule has 8 rings (SSSR count). The Hall–Kier alpha value is -5.65. The molecule has 4 aromatic heterocycles. The molecule has 0 fully saturated rings. The number of pyridine rings is 4. The third-order valence-electron chi connectivity index (χ3n) is 21.1. The molecule has 4 aromatic carbocycles. The molecule has 0 saturated heterocycles. The van der Waals surface area contributed by atoms with Gasteiger partial charge in [-0.15, -0.1) is 0 Å². The van der Waals surface area contributed by atoms with Crippen molar-refractivity contribution in [2.24, 2.45) is 45.9 Å². The Labute approximate surface area is 631 Å². The fraction of sp³-hybridized carbons (Fsp3) is 0.532. The van der Waals surface area contributed by atoms with E-state index in [9.17, 15) is 0 Å². The van der Waals surface area contributed by atoms with Gasteiger partial charge < -0.3 is 0 Å². The van der Waals surface area contributed by atoms with Gasteiger partial charge in [0.05, 0.1) is 32.3 Å². The lowest BCUT2D eigenvalue weighted by atomic mass is 9.85. The summed E-state index contributed by atoms with van der Waals surface area (Å²) >= 11 is 0. The smallest absolute Gasteiger partial charge is 0.201 e. The highest BCUT2D eigenvalue weighted by Gasteiger charge is 2.33. The highest BCUT2D eigenvalue weighted by atomic mass is 28.3. The zero-order valence-electron chi connectivity index (χ0n) is 72.2. The Balaban J connectivity index is 0.000000245. The summed E-state index contributed by atoms with van der Waals surface area (Å²) in [6.07, 6.45) is 18.0. The summed E-state index contributed by atoms with van der Waals surface area (Å²) in [5.74, 6) is 3.97. The normalized spacial score (nSPS) is 12.3. The first-order valence-electron chi connectivity index (χ1n) is 39.6. The van der Waals surface area contributed by atoms with Gasteiger partial charge in [-0.25, -0.2) is 18.3 Å². The summed E-state index contributed by atoms with van der Waals surface area (Å²) < 4.78 is 9.38. The topological polar surface area (TPSA) is 15.5 Å². The fourth-order valence-corrected chi connectivity index (χ4v) is 22.0. The predicted molar refractivity (Wildman–Crippen MR) is 463 cm³/mol. The van der Waals surface area contributed by atoms with E-state index < -0.39 is 32.3 Å². The van der Waals surface area contributed by atoms with Crippen LogP contribution in [0.5, 0.6) is 0 Å². The Morgan fingerprint density at radius 2 is 0.686 bits per heavy atom. The van der Waals surface area contributed by atoms with Crippen molar-refractivity contribution < 1.29 is 18.3 Å². The third-order valence-corrected chi connectivity index (χ3v) is 29.4. The van der Waals surface area contributed by atoms with Gasteiger partial charge in [0.15, 0.2) is 24.8 Å². The van der Waals surface area contributed by atoms with E-state index >= 15 is 0 Å². The van der Waals surface area contributed by atoms with Crippen LogP contribution in [0.4, 0.5) is 0 Å². The molecule has 0 N–H and O–H groups in total. The van der Waals surface area contributed by atoms with Crippen LogP contribution >= 0.6 is 0 Å². The van der Waals surface area contributed by atoms with Crippen LogP contribution in [-0.4, -0.2) is 32.3 Å². The van der Waals surface area contributed by atoms with E-state index in [0.29, 0.717) is 35.5 Å². The highest BCUT2D eigenvalue weighted by Crippen LogP contribution is 2.33. The first-order valence-corrected chi connectivity index (χ1v) is 53.6. The van der Waals surface area contributed by atoms with E-state index in [0.717, 1.165) is 12.8 Å². The van der Waals surface area contributed by atoms with E-state index in [1.165, 1.54) is 127 Å². The summed E-state index contributed by atoms with van der Waals surface area (Å²) in [6, 6.07) is 37.8. The van der Waals surface area contributed by atoms with E-state index in [1.807, 2.05) is 0 Å². The number of nitrogens with zero attached hydrogens (tertiary/aromatic N) is 4. The second kappa shape index (κ2) is 36.1. The molecule has 0 saturated carbocycles. The molecule has 4 nitrogen and oxygen atoms in total. The highest BCUT2D eigenvalue weighted by molar-refractivity contribution is 6.90. The summed E-state index contributed by atoms with van der Waals surface area (Å²) in [6.45, 7) is 75.3. The summed E-state index contributed by atoms with van der Waals surface area (Å²) in [5.41, 5.74) is 28.4. The van der Waals surface area contributed by atoms with Crippen molar-refractivity contribution in [3.05, 3.63) is 189 Å². The van der Waals surface area contributed by atoms with Crippen LogP contribution in [0, 0.1) is 52.4 Å². The van der Waals surface area contributed by atoms with Crippen LogP contribution in [-0.2, 0) is 52.9 Å². The van der Waals surface area contributed by atoms with E-state index in [-0.39, 0.29) is 5.41 Å². The maximum absolute atomic E-state index is 2.52. The first-order chi connectivity index (χ1) is 47.1. The van der Waals surface area contributed by atoms with Gasteiger partial charge in [0.1, 0.15) is 28.2 Å². The van der Waals surface area contributed by atoms with Gasteiger partial charge in [-0.1, -0.05) is 237 Å². The molecule has 556 valence electrons. The average molecular weight is 1450 g/mol. The molecule has 0 atom stereocenters. The second-order valence-corrected chi connectivity index (χ2v) is 57.6. The molecule has 0 aliphatic heterocycles. The third kappa shape index (κ3) is 23.2. The van der Waals surface area contributed by atoms with Crippen molar-refractivity contribution in [2.45, 2.75) is 285 Å². The molecule has 8 heteroatoms. The number of hydrogen-bond acceptors (Lipinski definition) is 0. The van der Waals surface area contributed by atoms with E-state index in [1.54, 1.807) is 37.4 Å². The van der Waals surface area contributed by atoms with Crippen molar-refractivity contribution in [1.29, 1.82) is 0 Å². The van der Waals surface area contributed by atoms with Crippen LogP contribution in [0.15, 0.2) is 122 Å². The number of benzene rings is 4. The maximum Gasteiger partial charge on any atom is 0.212 e.